The Hall–Kier alpha value is -3.03. The van der Waals surface area contributed by atoms with E-state index in [2.05, 4.69) is 9.97 Å². The van der Waals surface area contributed by atoms with E-state index in [0.29, 0.717) is 17.3 Å². The number of methoxy groups -OCH3 is 1. The molecule has 1 aromatic heterocycles. The summed E-state index contributed by atoms with van der Waals surface area (Å²) in [5.74, 6) is 1.20. The van der Waals surface area contributed by atoms with Gasteiger partial charge in [0.05, 0.1) is 18.1 Å². The Balaban J connectivity index is 0.00000243. The summed E-state index contributed by atoms with van der Waals surface area (Å²) in [4.78, 5) is 18.7. The lowest BCUT2D eigenvalue weighted by Gasteiger charge is -2.10. The van der Waals surface area contributed by atoms with Gasteiger partial charge in [-0.3, -0.25) is 10.0 Å². The molecule has 0 saturated heterocycles. The number of benzene rings is 2. The fourth-order valence-electron chi connectivity index (χ4n) is 2.34. The first-order valence-electron chi connectivity index (χ1n) is 7.56. The number of hydroxylamine groups is 1. The second kappa shape index (κ2) is 8.89. The van der Waals surface area contributed by atoms with Gasteiger partial charge in [0, 0.05) is 6.08 Å². The number of hydrogen-bond acceptors (Lipinski definition) is 5. The van der Waals surface area contributed by atoms with Gasteiger partial charge in [-0.15, -0.1) is 12.4 Å². The summed E-state index contributed by atoms with van der Waals surface area (Å²) in [5.41, 5.74) is 4.10. The fraction of sp³-hybridized carbons (Fsp3) is 0.111. The van der Waals surface area contributed by atoms with E-state index in [1.54, 1.807) is 24.3 Å². The van der Waals surface area contributed by atoms with Gasteiger partial charge >= 0.3 is 0 Å². The average molecular weight is 376 g/mol. The first-order chi connectivity index (χ1) is 12.2. The van der Waals surface area contributed by atoms with Crippen molar-refractivity contribution in [3.8, 4) is 11.5 Å². The highest BCUT2D eigenvalue weighted by Crippen LogP contribution is 2.29. The number of rotatable bonds is 6. The van der Waals surface area contributed by atoms with E-state index in [-0.39, 0.29) is 19.0 Å². The van der Waals surface area contributed by atoms with Gasteiger partial charge in [0.25, 0.3) is 5.91 Å². The number of fused-ring (bicyclic) bond motifs is 1. The zero-order chi connectivity index (χ0) is 17.6. The molecular weight excluding hydrogens is 358 g/mol. The van der Waals surface area contributed by atoms with Crippen LogP contribution >= 0.6 is 12.4 Å². The Morgan fingerprint density at radius 2 is 2.08 bits per heavy atom. The van der Waals surface area contributed by atoms with E-state index in [1.165, 1.54) is 18.7 Å². The molecule has 0 fully saturated rings. The van der Waals surface area contributed by atoms with Gasteiger partial charge in [-0.2, -0.15) is 0 Å². The minimum Gasteiger partial charge on any atom is -0.493 e. The van der Waals surface area contributed by atoms with Crippen LogP contribution in [0.1, 0.15) is 11.4 Å². The Morgan fingerprint density at radius 1 is 1.27 bits per heavy atom. The molecule has 0 radical (unpaired) electrons. The monoisotopic (exact) mass is 375 g/mol. The predicted molar refractivity (Wildman–Crippen MR) is 99.6 cm³/mol. The first-order valence-corrected chi connectivity index (χ1v) is 7.56. The molecule has 3 aromatic rings. The molecule has 3 N–H and O–H groups in total. The zero-order valence-electron chi connectivity index (χ0n) is 13.9. The van der Waals surface area contributed by atoms with Gasteiger partial charge in [-0.05, 0) is 35.9 Å². The number of carbonyl (C=O) groups is 1. The van der Waals surface area contributed by atoms with Crippen LogP contribution in [0.25, 0.3) is 17.1 Å². The molecule has 0 bridgehead atoms. The number of aromatic nitrogens is 2. The van der Waals surface area contributed by atoms with Crippen LogP contribution in [0.15, 0.2) is 48.5 Å². The maximum absolute atomic E-state index is 11.0. The predicted octanol–water partition coefficient (Wildman–Crippen LogP) is 3.09. The van der Waals surface area contributed by atoms with Crippen LogP contribution < -0.4 is 15.0 Å². The van der Waals surface area contributed by atoms with Crippen LogP contribution in [0.4, 0.5) is 0 Å². The van der Waals surface area contributed by atoms with Crippen LogP contribution in [0.2, 0.25) is 0 Å². The standard InChI is InChI=1S/C18H17N3O4.ClH/c1-24-16-10-12(7-9-18(22)21-23)6-8-15(16)25-11-17-19-13-4-2-3-5-14(13)20-17;/h2-10,23H,11H2,1H3,(H,19,20)(H,21,22);1H/b9-7+;. The minimum absolute atomic E-state index is 0. The molecule has 0 unspecified atom stereocenters. The molecule has 3 rings (SSSR count). The number of nitrogens with one attached hydrogen (secondary N) is 2. The van der Waals surface area contributed by atoms with E-state index >= 15 is 0 Å². The number of nitrogens with zero attached hydrogens (tertiary/aromatic N) is 1. The van der Waals surface area contributed by atoms with Gasteiger partial charge in [0.1, 0.15) is 12.4 Å². The lowest BCUT2D eigenvalue weighted by Crippen LogP contribution is -2.14. The van der Waals surface area contributed by atoms with Crippen molar-refractivity contribution in [2.45, 2.75) is 6.61 Å². The van der Waals surface area contributed by atoms with Crippen LogP contribution in [-0.2, 0) is 11.4 Å². The SMILES string of the molecule is COc1cc(/C=C/C(=O)NO)ccc1OCc1nc2ccccc2[nH]1.Cl. The van der Waals surface area contributed by atoms with Crippen LogP contribution in [0.5, 0.6) is 11.5 Å². The third-order valence-electron chi connectivity index (χ3n) is 3.53. The molecule has 26 heavy (non-hydrogen) atoms. The van der Waals surface area contributed by atoms with Gasteiger partial charge in [0.15, 0.2) is 11.5 Å². The molecule has 0 atom stereocenters. The third kappa shape index (κ3) is 4.53. The fourth-order valence-corrected chi connectivity index (χ4v) is 2.34. The minimum atomic E-state index is -0.607. The zero-order valence-corrected chi connectivity index (χ0v) is 14.7. The number of halogens is 1. The summed E-state index contributed by atoms with van der Waals surface area (Å²) in [6.45, 7) is 0.271. The lowest BCUT2D eigenvalue weighted by atomic mass is 10.2. The van der Waals surface area contributed by atoms with Gasteiger partial charge in [-0.25, -0.2) is 10.5 Å². The second-order valence-electron chi connectivity index (χ2n) is 5.21. The number of para-hydroxylation sites is 2. The molecule has 136 valence electrons. The van der Waals surface area contributed by atoms with Crippen LogP contribution in [0, 0.1) is 0 Å². The molecule has 1 amide bonds. The molecule has 1 heterocycles. The van der Waals surface area contributed by atoms with Crippen molar-refractivity contribution < 1.29 is 19.5 Å². The molecule has 8 heteroatoms. The Kier molecular flexibility index (Phi) is 6.60. The highest BCUT2D eigenvalue weighted by Gasteiger charge is 2.08. The third-order valence-corrected chi connectivity index (χ3v) is 3.53. The largest absolute Gasteiger partial charge is 0.493 e. The Labute approximate surface area is 156 Å². The second-order valence-corrected chi connectivity index (χ2v) is 5.21. The van der Waals surface area contributed by atoms with Crippen molar-refractivity contribution in [3.05, 3.63) is 59.9 Å². The number of H-pyrrole nitrogens is 1. The highest BCUT2D eigenvalue weighted by atomic mass is 35.5. The number of imidazole rings is 1. The topological polar surface area (TPSA) is 96.5 Å². The maximum atomic E-state index is 11.0. The first kappa shape index (κ1) is 19.3. The highest BCUT2D eigenvalue weighted by molar-refractivity contribution is 5.90. The smallest absolute Gasteiger partial charge is 0.267 e. The number of hydrogen-bond donors (Lipinski definition) is 3. The molecule has 0 aliphatic carbocycles. The molecule has 0 aliphatic rings. The molecule has 0 aliphatic heterocycles. The van der Waals surface area contributed by atoms with Crippen molar-refractivity contribution in [1.29, 1.82) is 0 Å². The van der Waals surface area contributed by atoms with E-state index < -0.39 is 5.91 Å². The van der Waals surface area contributed by atoms with Crippen molar-refractivity contribution in [1.82, 2.24) is 15.4 Å². The Morgan fingerprint density at radius 3 is 2.81 bits per heavy atom. The van der Waals surface area contributed by atoms with E-state index in [4.69, 9.17) is 14.7 Å². The summed E-state index contributed by atoms with van der Waals surface area (Å²) in [6.07, 6.45) is 2.76. The van der Waals surface area contributed by atoms with Crippen molar-refractivity contribution >= 4 is 35.4 Å². The van der Waals surface area contributed by atoms with E-state index in [1.807, 2.05) is 24.3 Å². The van der Waals surface area contributed by atoms with Gasteiger partial charge in [-0.1, -0.05) is 18.2 Å². The number of ether oxygens (including phenoxy) is 2. The van der Waals surface area contributed by atoms with Crippen molar-refractivity contribution in [3.63, 3.8) is 0 Å². The summed E-state index contributed by atoms with van der Waals surface area (Å²) < 4.78 is 11.1. The maximum Gasteiger partial charge on any atom is 0.267 e. The number of amides is 1. The van der Waals surface area contributed by atoms with Crippen molar-refractivity contribution in [2.24, 2.45) is 0 Å². The van der Waals surface area contributed by atoms with Crippen molar-refractivity contribution in [2.75, 3.05) is 7.11 Å². The van der Waals surface area contributed by atoms with E-state index in [0.717, 1.165) is 16.6 Å². The molecule has 7 nitrogen and oxygen atoms in total. The molecule has 2 aromatic carbocycles. The van der Waals surface area contributed by atoms with Crippen LogP contribution in [-0.4, -0.2) is 28.2 Å². The van der Waals surface area contributed by atoms with E-state index in [9.17, 15) is 4.79 Å². The summed E-state index contributed by atoms with van der Waals surface area (Å²) in [5, 5.41) is 8.48. The van der Waals surface area contributed by atoms with Gasteiger partial charge < -0.3 is 14.5 Å². The van der Waals surface area contributed by atoms with Gasteiger partial charge in [0.2, 0.25) is 0 Å². The number of carbonyl (C=O) groups excluding carboxylic acids is 1. The summed E-state index contributed by atoms with van der Waals surface area (Å²) in [6, 6.07) is 13.0. The normalized spacial score (nSPS) is 10.5. The Bertz CT molecular complexity index is 891. The number of aromatic amines is 1. The lowest BCUT2D eigenvalue weighted by molar-refractivity contribution is -0.124. The molecule has 0 saturated carbocycles. The van der Waals surface area contributed by atoms with Crippen LogP contribution in [0.3, 0.4) is 0 Å². The quantitative estimate of drug-likeness (QED) is 0.349. The summed E-state index contributed by atoms with van der Waals surface area (Å²) in [7, 11) is 1.54. The average Bonchev–Trinajstić information content (AvgIpc) is 3.07. The molecule has 0 spiro atoms. The summed E-state index contributed by atoms with van der Waals surface area (Å²) >= 11 is 0. The molecular formula is C18H18ClN3O4.